The third-order valence-corrected chi connectivity index (χ3v) is 14.2. The monoisotopic (exact) mass is 783 g/mol. The Morgan fingerprint density at radius 2 is 1.02 bits per heavy atom. The van der Waals surface area contributed by atoms with Crippen LogP contribution in [-0.4, -0.2) is 0 Å². The van der Waals surface area contributed by atoms with Gasteiger partial charge in [-0.15, -0.1) is 0 Å². The second-order valence-electron chi connectivity index (χ2n) is 18.0. The van der Waals surface area contributed by atoms with Crippen LogP contribution in [0.25, 0.3) is 33.0 Å². The van der Waals surface area contributed by atoms with Crippen LogP contribution in [0.15, 0.2) is 200 Å². The number of hydrogen-bond donors (Lipinski definition) is 0. The van der Waals surface area contributed by atoms with Crippen LogP contribution in [0.2, 0.25) is 0 Å². The van der Waals surface area contributed by atoms with E-state index in [-0.39, 0.29) is 10.8 Å². The first-order valence-electron chi connectivity index (χ1n) is 21.5. The first-order chi connectivity index (χ1) is 29.8. The average Bonchev–Trinajstić information content (AvgIpc) is 3.53. The van der Waals surface area contributed by atoms with Gasteiger partial charge in [0.2, 0.25) is 0 Å². The highest BCUT2D eigenvalue weighted by Crippen LogP contribution is 2.64. The van der Waals surface area contributed by atoms with E-state index in [1.165, 1.54) is 66.4 Å². The van der Waals surface area contributed by atoms with Gasteiger partial charge < -0.3 is 9.64 Å². The van der Waals surface area contributed by atoms with Crippen molar-refractivity contribution in [1.29, 1.82) is 0 Å². The Morgan fingerprint density at radius 3 is 1.84 bits per heavy atom. The molecule has 0 saturated heterocycles. The van der Waals surface area contributed by atoms with Crippen molar-refractivity contribution in [2.75, 3.05) is 4.90 Å². The van der Waals surface area contributed by atoms with Crippen LogP contribution in [0.4, 0.5) is 17.1 Å². The molecule has 61 heavy (non-hydrogen) atoms. The highest BCUT2D eigenvalue weighted by molar-refractivity contribution is 5.94. The van der Waals surface area contributed by atoms with E-state index in [9.17, 15) is 0 Å². The Labute approximate surface area is 358 Å². The van der Waals surface area contributed by atoms with Crippen LogP contribution >= 0.6 is 0 Å². The molecule has 2 aliphatic carbocycles. The smallest absolute Gasteiger partial charge is 0.156 e. The highest BCUT2D eigenvalue weighted by Gasteiger charge is 2.54. The molecule has 0 radical (unpaired) electrons. The Morgan fingerprint density at radius 1 is 0.393 bits per heavy atom. The molecule has 1 atom stereocenters. The van der Waals surface area contributed by atoms with Crippen LogP contribution in [-0.2, 0) is 16.2 Å². The van der Waals surface area contributed by atoms with Gasteiger partial charge in [-0.1, -0.05) is 191 Å². The van der Waals surface area contributed by atoms with Crippen molar-refractivity contribution in [2.24, 2.45) is 0 Å². The van der Waals surface area contributed by atoms with E-state index in [0.717, 1.165) is 39.7 Å². The van der Waals surface area contributed by atoms with E-state index >= 15 is 0 Å². The van der Waals surface area contributed by atoms with E-state index in [1.807, 2.05) is 0 Å². The minimum atomic E-state index is -0.657. The van der Waals surface area contributed by atoms with Crippen LogP contribution in [0.5, 0.6) is 11.5 Å². The van der Waals surface area contributed by atoms with E-state index in [0.29, 0.717) is 0 Å². The Hall–Kier alpha value is -7.16. The number of anilines is 3. The van der Waals surface area contributed by atoms with E-state index in [2.05, 4.69) is 233 Å². The SMILES string of the molecule is CC1(C)c2ccccc2-c2ccc(N(c3ccc(-c4ccccc4)cc3)c3cccc4c3Oc3ccccc3C43c4ccccc4C(C)(C)c4c3ccc3ccccc43)cc21. The molecule has 1 heterocycles. The molecule has 9 aromatic rings. The molecular formula is C59H45NO. The predicted octanol–water partition coefficient (Wildman–Crippen LogP) is 15.4. The van der Waals surface area contributed by atoms with Crippen molar-refractivity contribution in [3.63, 3.8) is 0 Å². The zero-order chi connectivity index (χ0) is 41.1. The molecule has 0 amide bonds. The summed E-state index contributed by atoms with van der Waals surface area (Å²) in [6.07, 6.45) is 0. The molecule has 0 fully saturated rings. The molecule has 9 aromatic carbocycles. The van der Waals surface area contributed by atoms with E-state index in [4.69, 9.17) is 4.74 Å². The maximum Gasteiger partial charge on any atom is 0.156 e. The fraction of sp³-hybridized carbons (Fsp3) is 0.119. The van der Waals surface area contributed by atoms with Crippen LogP contribution in [0.1, 0.15) is 72.2 Å². The lowest BCUT2D eigenvalue weighted by Crippen LogP contribution is -2.43. The largest absolute Gasteiger partial charge is 0.454 e. The van der Waals surface area contributed by atoms with Gasteiger partial charge in [-0.05, 0) is 103 Å². The molecule has 2 nitrogen and oxygen atoms in total. The van der Waals surface area contributed by atoms with Gasteiger partial charge in [0.15, 0.2) is 5.75 Å². The Kier molecular flexibility index (Phi) is 7.57. The van der Waals surface area contributed by atoms with Gasteiger partial charge in [-0.2, -0.15) is 0 Å². The van der Waals surface area contributed by atoms with Crippen LogP contribution in [0, 0.1) is 0 Å². The first kappa shape index (κ1) is 35.8. The van der Waals surface area contributed by atoms with Crippen molar-refractivity contribution < 1.29 is 4.74 Å². The number of hydrogen-bond acceptors (Lipinski definition) is 2. The lowest BCUT2D eigenvalue weighted by Gasteiger charge is -2.50. The zero-order valence-electron chi connectivity index (χ0n) is 34.9. The Balaban J connectivity index is 1.15. The van der Waals surface area contributed by atoms with Gasteiger partial charge in [0, 0.05) is 33.3 Å². The second-order valence-corrected chi connectivity index (χ2v) is 18.0. The summed E-state index contributed by atoms with van der Waals surface area (Å²) in [6.45, 7) is 9.53. The fourth-order valence-electron chi connectivity index (χ4n) is 11.4. The molecule has 0 N–H and O–H groups in total. The summed E-state index contributed by atoms with van der Waals surface area (Å²) in [4.78, 5) is 2.43. The standard InChI is InChI=1S/C59H45NO/c1-57(2)46-22-11-10-21-44(46)45-35-34-42(37-52(45)57)60(41-32-29-39(30-33-41)38-17-6-5-7-18-38)53-27-16-26-51-56(53)61-54-28-15-14-25-49(54)59(51)48-24-13-12-23-47(48)58(3,4)55-43-20-9-8-19-40(43)31-36-50(55)59/h5-37H,1-4H3. The lowest BCUT2D eigenvalue weighted by atomic mass is 9.53. The van der Waals surface area contributed by atoms with Crippen molar-refractivity contribution in [3.05, 3.63) is 245 Å². The van der Waals surface area contributed by atoms with Crippen LogP contribution < -0.4 is 9.64 Å². The minimum absolute atomic E-state index is 0.161. The molecule has 0 bridgehead atoms. The maximum absolute atomic E-state index is 7.37. The maximum atomic E-state index is 7.37. The van der Waals surface area contributed by atoms with E-state index < -0.39 is 5.41 Å². The van der Waals surface area contributed by atoms with Gasteiger partial charge in [-0.3, -0.25) is 0 Å². The molecule has 1 aliphatic heterocycles. The molecule has 1 spiro atoms. The lowest BCUT2D eigenvalue weighted by molar-refractivity contribution is 0.427. The molecular weight excluding hydrogens is 739 g/mol. The van der Waals surface area contributed by atoms with Gasteiger partial charge in [0.05, 0.1) is 11.1 Å². The number of fused-ring (bicyclic) bond motifs is 13. The van der Waals surface area contributed by atoms with Gasteiger partial charge in [0.1, 0.15) is 5.75 Å². The summed E-state index contributed by atoms with van der Waals surface area (Å²) >= 11 is 0. The van der Waals surface area contributed by atoms with Crippen molar-refractivity contribution in [1.82, 2.24) is 0 Å². The minimum Gasteiger partial charge on any atom is -0.454 e. The summed E-state index contributed by atoms with van der Waals surface area (Å²) < 4.78 is 7.37. The molecule has 1 unspecified atom stereocenters. The molecule has 0 saturated carbocycles. The van der Waals surface area contributed by atoms with Crippen molar-refractivity contribution >= 4 is 27.8 Å². The Bertz CT molecular complexity index is 3230. The highest BCUT2D eigenvalue weighted by atomic mass is 16.5. The summed E-state index contributed by atoms with van der Waals surface area (Å²) in [5, 5.41) is 2.55. The van der Waals surface area contributed by atoms with Crippen molar-refractivity contribution in [2.45, 2.75) is 43.9 Å². The van der Waals surface area contributed by atoms with Crippen LogP contribution in [0.3, 0.4) is 0 Å². The zero-order valence-corrected chi connectivity index (χ0v) is 34.9. The first-order valence-corrected chi connectivity index (χ1v) is 21.5. The van der Waals surface area contributed by atoms with E-state index in [1.54, 1.807) is 0 Å². The summed E-state index contributed by atoms with van der Waals surface area (Å²) in [5.41, 5.74) is 17.4. The normalized spacial score (nSPS) is 17.0. The number of para-hydroxylation sites is 2. The third kappa shape index (κ3) is 4.91. The molecule has 2 heteroatoms. The van der Waals surface area contributed by atoms with Crippen molar-refractivity contribution in [3.8, 4) is 33.8 Å². The average molecular weight is 784 g/mol. The summed E-state index contributed by atoms with van der Waals surface area (Å²) in [7, 11) is 0. The number of rotatable bonds is 4. The van der Waals surface area contributed by atoms with Gasteiger partial charge in [0.25, 0.3) is 0 Å². The number of ether oxygens (including phenoxy) is 1. The fourth-order valence-corrected chi connectivity index (χ4v) is 11.4. The molecule has 12 rings (SSSR count). The molecule has 292 valence electrons. The van der Waals surface area contributed by atoms with Gasteiger partial charge in [-0.25, -0.2) is 0 Å². The topological polar surface area (TPSA) is 12.5 Å². The molecule has 3 aliphatic rings. The van der Waals surface area contributed by atoms with Gasteiger partial charge >= 0.3 is 0 Å². The summed E-state index contributed by atoms with van der Waals surface area (Å²) in [6, 6.07) is 73.9. The summed E-state index contributed by atoms with van der Waals surface area (Å²) in [5.74, 6) is 1.74. The number of benzene rings is 9. The second kappa shape index (κ2) is 12.9. The predicted molar refractivity (Wildman–Crippen MR) is 252 cm³/mol. The quantitative estimate of drug-likeness (QED) is 0.176. The molecule has 0 aromatic heterocycles. The third-order valence-electron chi connectivity index (χ3n) is 14.2. The number of nitrogens with zero attached hydrogens (tertiary/aromatic N) is 1.